The van der Waals surface area contributed by atoms with Gasteiger partial charge in [0.05, 0.1) is 5.97 Å². The molecule has 12 heavy (non-hydrogen) atoms. The zero-order chi connectivity index (χ0) is 8.97. The van der Waals surface area contributed by atoms with Crippen LogP contribution in [0.1, 0.15) is 5.56 Å². The molecule has 0 bridgehead atoms. The third-order valence-electron chi connectivity index (χ3n) is 1.26. The first-order chi connectivity index (χ1) is 5.68. The Morgan fingerprint density at radius 3 is 2.83 bits per heavy atom. The molecule has 0 saturated carbocycles. The number of halogens is 1. The van der Waals surface area contributed by atoms with Gasteiger partial charge in [-0.1, -0.05) is 18.2 Å². The second kappa shape index (κ2) is 3.67. The van der Waals surface area contributed by atoms with Crippen LogP contribution in [0.5, 0.6) is 0 Å². The molecule has 1 aromatic rings. The van der Waals surface area contributed by atoms with E-state index in [-0.39, 0.29) is 0 Å². The van der Waals surface area contributed by atoms with Crippen LogP contribution >= 0.6 is 0 Å². The van der Waals surface area contributed by atoms with Crippen molar-refractivity contribution in [3.05, 3.63) is 41.7 Å². The molecule has 0 radical (unpaired) electrons. The van der Waals surface area contributed by atoms with Crippen molar-refractivity contribution in [3.63, 3.8) is 0 Å². The van der Waals surface area contributed by atoms with Gasteiger partial charge in [-0.3, -0.25) is 0 Å². The Balaban J connectivity index is 2.83. The molecule has 0 amide bonds. The summed E-state index contributed by atoms with van der Waals surface area (Å²) in [6.07, 6.45) is 2.13. The average Bonchev–Trinajstić information content (AvgIpc) is 2.01. The van der Waals surface area contributed by atoms with Crippen LogP contribution in [-0.4, -0.2) is 5.97 Å². The lowest BCUT2D eigenvalue weighted by Crippen LogP contribution is -2.18. The lowest BCUT2D eigenvalue weighted by molar-refractivity contribution is -0.297. The Morgan fingerprint density at radius 2 is 2.25 bits per heavy atom. The molecular weight excluding hydrogens is 159 g/mol. The summed E-state index contributed by atoms with van der Waals surface area (Å²) in [5, 5.41) is 9.97. The largest absolute Gasteiger partial charge is 0.545 e. The lowest BCUT2D eigenvalue weighted by atomic mass is 10.2. The number of rotatable bonds is 2. The summed E-state index contributed by atoms with van der Waals surface area (Å²) in [6, 6.07) is 5.63. The second-order valence-corrected chi connectivity index (χ2v) is 2.21. The maximum Gasteiger partial charge on any atom is 0.123 e. The second-order valence-electron chi connectivity index (χ2n) is 2.21. The Bertz CT molecular complexity index is 318. The van der Waals surface area contributed by atoms with Crippen molar-refractivity contribution in [1.29, 1.82) is 0 Å². The Labute approximate surface area is 69.0 Å². The third-order valence-corrected chi connectivity index (χ3v) is 1.26. The van der Waals surface area contributed by atoms with Crippen LogP contribution in [0.25, 0.3) is 6.08 Å². The molecule has 2 nitrogen and oxygen atoms in total. The van der Waals surface area contributed by atoms with Crippen LogP contribution in [0.4, 0.5) is 4.39 Å². The zero-order valence-electron chi connectivity index (χ0n) is 6.16. The highest BCUT2D eigenvalue weighted by molar-refractivity contribution is 5.83. The van der Waals surface area contributed by atoms with E-state index in [2.05, 4.69) is 0 Å². The normalized spacial score (nSPS) is 10.4. The first kappa shape index (κ1) is 8.46. The molecule has 0 spiro atoms. The van der Waals surface area contributed by atoms with Crippen molar-refractivity contribution in [3.8, 4) is 0 Å². The number of carboxylic acid groups (broad SMARTS) is 1. The minimum absolute atomic E-state index is 0.393. The number of carboxylic acids is 1. The van der Waals surface area contributed by atoms with Crippen molar-refractivity contribution >= 4 is 12.0 Å². The summed E-state index contributed by atoms with van der Waals surface area (Å²) >= 11 is 0. The van der Waals surface area contributed by atoms with Gasteiger partial charge in [-0.25, -0.2) is 4.39 Å². The number of carbonyl (C=O) groups is 1. The summed E-state index contributed by atoms with van der Waals surface area (Å²) in [4.78, 5) is 9.97. The highest BCUT2D eigenvalue weighted by Gasteiger charge is 1.88. The molecular formula is C9H6FO2-. The maximum atomic E-state index is 12.5. The van der Waals surface area contributed by atoms with E-state index in [1.165, 1.54) is 24.3 Å². The Hall–Kier alpha value is -1.64. The average molecular weight is 165 g/mol. The SMILES string of the molecule is O=C([O-])C=Cc1cccc(F)c1. The van der Waals surface area contributed by atoms with Crippen LogP contribution < -0.4 is 5.11 Å². The van der Waals surface area contributed by atoms with Gasteiger partial charge in [0.25, 0.3) is 0 Å². The van der Waals surface area contributed by atoms with Crippen molar-refractivity contribution in [2.45, 2.75) is 0 Å². The van der Waals surface area contributed by atoms with E-state index in [0.29, 0.717) is 5.56 Å². The first-order valence-electron chi connectivity index (χ1n) is 3.33. The fourth-order valence-corrected chi connectivity index (χ4v) is 0.775. The molecule has 0 aliphatic heterocycles. The predicted molar refractivity (Wildman–Crippen MR) is 40.4 cm³/mol. The number of hydrogen-bond donors (Lipinski definition) is 0. The minimum atomic E-state index is -1.29. The van der Waals surface area contributed by atoms with Crippen LogP contribution in [0.15, 0.2) is 30.3 Å². The number of carbonyl (C=O) groups excluding carboxylic acids is 1. The van der Waals surface area contributed by atoms with Crippen molar-refractivity contribution in [2.24, 2.45) is 0 Å². The van der Waals surface area contributed by atoms with Gasteiger partial charge in [0.1, 0.15) is 5.82 Å². The topological polar surface area (TPSA) is 40.1 Å². The molecule has 0 saturated heterocycles. The molecule has 0 N–H and O–H groups in total. The van der Waals surface area contributed by atoms with E-state index in [4.69, 9.17) is 0 Å². The molecule has 0 unspecified atom stereocenters. The molecule has 0 aliphatic rings. The van der Waals surface area contributed by atoms with Gasteiger partial charge in [0.2, 0.25) is 0 Å². The summed E-state index contributed by atoms with van der Waals surface area (Å²) in [5.74, 6) is -1.69. The third kappa shape index (κ3) is 2.54. The minimum Gasteiger partial charge on any atom is -0.545 e. The standard InChI is InChI=1S/C9H7FO2/c10-8-3-1-2-7(6-8)4-5-9(11)12/h1-6H,(H,11,12)/p-1. The van der Waals surface area contributed by atoms with E-state index in [1.807, 2.05) is 0 Å². The Kier molecular flexibility index (Phi) is 2.58. The first-order valence-corrected chi connectivity index (χ1v) is 3.33. The predicted octanol–water partition coefficient (Wildman–Crippen LogP) is 0.589. The molecule has 0 fully saturated rings. The molecule has 62 valence electrons. The van der Waals surface area contributed by atoms with Gasteiger partial charge < -0.3 is 9.90 Å². The van der Waals surface area contributed by atoms with Gasteiger partial charge in [-0.15, -0.1) is 0 Å². The van der Waals surface area contributed by atoms with Gasteiger partial charge in [0.15, 0.2) is 0 Å². The fourth-order valence-electron chi connectivity index (χ4n) is 0.775. The van der Waals surface area contributed by atoms with Crippen molar-refractivity contribution in [1.82, 2.24) is 0 Å². The van der Waals surface area contributed by atoms with Gasteiger partial charge in [0, 0.05) is 0 Å². The van der Waals surface area contributed by atoms with Gasteiger partial charge in [-0.05, 0) is 23.8 Å². The van der Waals surface area contributed by atoms with Crippen LogP contribution in [-0.2, 0) is 4.79 Å². The van der Waals surface area contributed by atoms with Crippen molar-refractivity contribution < 1.29 is 14.3 Å². The zero-order valence-corrected chi connectivity index (χ0v) is 6.16. The van der Waals surface area contributed by atoms with E-state index < -0.39 is 11.8 Å². The smallest absolute Gasteiger partial charge is 0.123 e. The molecule has 0 atom stereocenters. The number of benzene rings is 1. The maximum absolute atomic E-state index is 12.5. The number of aliphatic carboxylic acids is 1. The van der Waals surface area contributed by atoms with Gasteiger partial charge >= 0.3 is 0 Å². The highest BCUT2D eigenvalue weighted by Crippen LogP contribution is 2.04. The van der Waals surface area contributed by atoms with Crippen LogP contribution in [0.3, 0.4) is 0 Å². The molecule has 0 heterocycles. The van der Waals surface area contributed by atoms with E-state index in [0.717, 1.165) is 6.08 Å². The summed E-state index contributed by atoms with van der Waals surface area (Å²) < 4.78 is 12.5. The summed E-state index contributed by atoms with van der Waals surface area (Å²) in [6.45, 7) is 0. The summed E-state index contributed by atoms with van der Waals surface area (Å²) in [5.41, 5.74) is 0.499. The van der Waals surface area contributed by atoms with E-state index in [9.17, 15) is 14.3 Å². The monoisotopic (exact) mass is 165 g/mol. The summed E-state index contributed by atoms with van der Waals surface area (Å²) in [7, 11) is 0. The van der Waals surface area contributed by atoms with Crippen LogP contribution in [0.2, 0.25) is 0 Å². The Morgan fingerprint density at radius 1 is 1.50 bits per heavy atom. The fraction of sp³-hybridized carbons (Fsp3) is 0. The lowest BCUT2D eigenvalue weighted by Gasteiger charge is -1.93. The quantitative estimate of drug-likeness (QED) is 0.601. The molecule has 1 rings (SSSR count). The highest BCUT2D eigenvalue weighted by atomic mass is 19.1. The van der Waals surface area contributed by atoms with Gasteiger partial charge in [-0.2, -0.15) is 0 Å². The molecule has 3 heteroatoms. The number of hydrogen-bond acceptors (Lipinski definition) is 2. The van der Waals surface area contributed by atoms with Crippen LogP contribution in [0, 0.1) is 5.82 Å². The van der Waals surface area contributed by atoms with Crippen molar-refractivity contribution in [2.75, 3.05) is 0 Å². The molecule has 0 aromatic heterocycles. The van der Waals surface area contributed by atoms with E-state index >= 15 is 0 Å². The molecule has 1 aromatic carbocycles. The molecule has 0 aliphatic carbocycles. The van der Waals surface area contributed by atoms with E-state index in [1.54, 1.807) is 6.07 Å².